The monoisotopic (exact) mass is 537 g/mol. The summed E-state index contributed by atoms with van der Waals surface area (Å²) in [7, 11) is -3.83. The van der Waals surface area contributed by atoms with Crippen LogP contribution in [0.1, 0.15) is 17.5 Å². The number of carbonyl (C=O) groups excluding carboxylic acids is 1. The third-order valence-electron chi connectivity index (χ3n) is 5.27. The first-order chi connectivity index (χ1) is 17.4. The van der Waals surface area contributed by atoms with Gasteiger partial charge < -0.3 is 15.8 Å². The van der Waals surface area contributed by atoms with Crippen molar-refractivity contribution in [3.63, 3.8) is 0 Å². The number of aliphatic carboxylic acids is 1. The summed E-state index contributed by atoms with van der Waals surface area (Å²) in [6.45, 7) is 0.869. The van der Waals surface area contributed by atoms with Gasteiger partial charge in [-0.15, -0.1) is 0 Å². The van der Waals surface area contributed by atoms with Gasteiger partial charge in [-0.05, 0) is 47.9 Å². The molecule has 0 unspecified atom stereocenters. The van der Waals surface area contributed by atoms with Gasteiger partial charge in [-0.2, -0.15) is 23.0 Å². The zero-order valence-corrected chi connectivity index (χ0v) is 19.9. The number of alkyl halides is 3. The summed E-state index contributed by atoms with van der Waals surface area (Å²) in [5, 5.41) is 11.4. The molecule has 1 amide bonds. The van der Waals surface area contributed by atoms with E-state index in [-0.39, 0.29) is 10.8 Å². The molecular weight excluding hydrogens is 515 g/mol. The van der Waals surface area contributed by atoms with E-state index < -0.39 is 28.2 Å². The number of rotatable bonds is 6. The maximum atomic E-state index is 12.8. The molecule has 0 radical (unpaired) electrons. The normalized spacial score (nSPS) is 16.1. The molecule has 196 valence electrons. The number of nitrogens with zero attached hydrogens (tertiary/aromatic N) is 3. The van der Waals surface area contributed by atoms with Crippen LogP contribution in [0.3, 0.4) is 0 Å². The highest BCUT2D eigenvalue weighted by Crippen LogP contribution is 2.21. The first-order valence-electron chi connectivity index (χ1n) is 10.7. The van der Waals surface area contributed by atoms with E-state index in [9.17, 15) is 26.4 Å². The molecule has 1 saturated heterocycles. The summed E-state index contributed by atoms with van der Waals surface area (Å²) in [5.41, 5.74) is 2.47. The van der Waals surface area contributed by atoms with Gasteiger partial charge in [0.05, 0.1) is 16.6 Å². The van der Waals surface area contributed by atoms with Gasteiger partial charge in [-0.1, -0.05) is 24.3 Å². The van der Waals surface area contributed by atoms with Crippen molar-refractivity contribution in [2.75, 3.05) is 6.54 Å². The van der Waals surface area contributed by atoms with Gasteiger partial charge in [0.25, 0.3) is 0 Å². The summed E-state index contributed by atoms with van der Waals surface area (Å²) >= 11 is 0. The van der Waals surface area contributed by atoms with Crippen molar-refractivity contribution in [3.8, 4) is 0 Å². The number of nitrogens with two attached hydrogens (primary N) is 1. The van der Waals surface area contributed by atoms with Crippen molar-refractivity contribution in [3.05, 3.63) is 71.9 Å². The minimum atomic E-state index is -5.08. The van der Waals surface area contributed by atoms with Crippen LogP contribution < -0.4 is 10.6 Å². The maximum Gasteiger partial charge on any atom is 0.490 e. The zero-order chi connectivity index (χ0) is 27.2. The van der Waals surface area contributed by atoms with Gasteiger partial charge in [0.1, 0.15) is 6.04 Å². The number of carboxylic acid groups (broad SMARTS) is 1. The molecule has 14 heteroatoms. The number of carbonyl (C=O) groups is 2. The second-order valence-corrected chi connectivity index (χ2v) is 9.62. The van der Waals surface area contributed by atoms with E-state index in [4.69, 9.17) is 15.7 Å². The Kier molecular flexibility index (Phi) is 8.45. The lowest BCUT2D eigenvalue weighted by atomic mass is 10.1. The minimum Gasteiger partial charge on any atom is -0.475 e. The molecule has 0 spiro atoms. The number of sulfonamides is 1. The minimum absolute atomic E-state index is 0.114. The fraction of sp³-hybridized carbons (Fsp3) is 0.217. The average molecular weight is 538 g/mol. The van der Waals surface area contributed by atoms with Crippen LogP contribution in [0.4, 0.5) is 13.2 Å². The van der Waals surface area contributed by atoms with Crippen LogP contribution in [0.15, 0.2) is 70.8 Å². The molecule has 2 aromatic carbocycles. The van der Waals surface area contributed by atoms with Crippen molar-refractivity contribution < 1.29 is 36.3 Å². The lowest BCUT2D eigenvalue weighted by molar-refractivity contribution is -0.192. The second-order valence-electron chi connectivity index (χ2n) is 7.91. The molecule has 3 aromatic rings. The van der Waals surface area contributed by atoms with Crippen LogP contribution in [-0.2, 0) is 26.2 Å². The Bertz CT molecular complexity index is 1430. The molecule has 1 atom stereocenters. The predicted molar refractivity (Wildman–Crippen MR) is 128 cm³/mol. The van der Waals surface area contributed by atoms with E-state index in [1.807, 2.05) is 24.3 Å². The van der Waals surface area contributed by atoms with Crippen molar-refractivity contribution in [2.45, 2.75) is 30.1 Å². The summed E-state index contributed by atoms with van der Waals surface area (Å²) in [4.78, 5) is 27.6. The summed E-state index contributed by atoms with van der Waals surface area (Å²) in [6.07, 6.45) is -1.48. The Hall–Kier alpha value is -4.04. The number of carboxylic acids is 1. The number of amides is 1. The van der Waals surface area contributed by atoms with Crippen LogP contribution in [0.25, 0.3) is 10.9 Å². The highest BCUT2D eigenvalue weighted by atomic mass is 32.2. The number of benzene rings is 2. The number of hydrazone groups is 1. The molecule has 1 aromatic heterocycles. The molecule has 2 heterocycles. The molecule has 0 saturated carbocycles. The third kappa shape index (κ3) is 7.24. The van der Waals surface area contributed by atoms with Gasteiger partial charge in [-0.3, -0.25) is 9.78 Å². The lowest BCUT2D eigenvalue weighted by Gasteiger charge is -2.17. The maximum absolute atomic E-state index is 12.8. The largest absolute Gasteiger partial charge is 0.490 e. The zero-order valence-electron chi connectivity index (χ0n) is 19.1. The first-order valence-corrected chi connectivity index (χ1v) is 12.2. The average Bonchev–Trinajstić information content (AvgIpc) is 3.17. The van der Waals surface area contributed by atoms with Crippen molar-refractivity contribution in [1.82, 2.24) is 14.6 Å². The fourth-order valence-corrected chi connectivity index (χ4v) is 4.82. The Labute approximate surface area is 209 Å². The lowest BCUT2D eigenvalue weighted by Crippen LogP contribution is -2.41. The van der Waals surface area contributed by atoms with E-state index in [2.05, 4.69) is 14.8 Å². The molecule has 37 heavy (non-hydrogen) atoms. The quantitative estimate of drug-likeness (QED) is 0.247. The number of hydrogen-bond donors (Lipinski definition) is 3. The van der Waals surface area contributed by atoms with E-state index in [0.29, 0.717) is 25.0 Å². The van der Waals surface area contributed by atoms with Crippen molar-refractivity contribution >= 4 is 39.0 Å². The number of hydrogen-bond acceptors (Lipinski definition) is 7. The highest BCUT2D eigenvalue weighted by molar-refractivity contribution is 7.89. The number of nitrogens with one attached hydrogen (secondary N) is 1. The molecular formula is C23H22F3N5O5S. The topological polar surface area (TPSA) is 155 Å². The number of pyridine rings is 1. The van der Waals surface area contributed by atoms with Crippen LogP contribution in [0.2, 0.25) is 0 Å². The molecule has 0 bridgehead atoms. The van der Waals surface area contributed by atoms with Crippen LogP contribution in [-0.4, -0.2) is 60.3 Å². The van der Waals surface area contributed by atoms with Gasteiger partial charge in [0, 0.05) is 24.7 Å². The molecule has 4 N–H and O–H groups in total. The second kappa shape index (κ2) is 11.3. The molecule has 4 rings (SSSR count). The SMILES string of the molecule is NN=Cc1cccc(CN2CC[C@H](NS(=O)(=O)c3ccc4ncccc4c3)C2=O)c1.O=C(O)C(F)(F)F. The molecule has 1 aliphatic heterocycles. The summed E-state index contributed by atoms with van der Waals surface area (Å²) in [6, 6.07) is 15.0. The van der Waals surface area contributed by atoms with E-state index in [1.54, 1.807) is 35.4 Å². The Morgan fingerprint density at radius 2 is 1.95 bits per heavy atom. The van der Waals surface area contributed by atoms with Crippen LogP contribution in [0.5, 0.6) is 0 Å². The van der Waals surface area contributed by atoms with E-state index in [1.165, 1.54) is 12.3 Å². The molecule has 1 aliphatic rings. The van der Waals surface area contributed by atoms with Gasteiger partial charge >= 0.3 is 12.1 Å². The highest BCUT2D eigenvalue weighted by Gasteiger charge is 2.38. The number of aromatic nitrogens is 1. The fourth-order valence-electron chi connectivity index (χ4n) is 3.56. The first kappa shape index (κ1) is 27.5. The van der Waals surface area contributed by atoms with Crippen molar-refractivity contribution in [2.24, 2.45) is 10.9 Å². The number of halogens is 3. The van der Waals surface area contributed by atoms with Gasteiger partial charge in [-0.25, -0.2) is 13.2 Å². The van der Waals surface area contributed by atoms with Gasteiger partial charge in [0.15, 0.2) is 0 Å². The smallest absolute Gasteiger partial charge is 0.475 e. The Morgan fingerprint density at radius 3 is 2.62 bits per heavy atom. The van der Waals surface area contributed by atoms with E-state index >= 15 is 0 Å². The molecule has 0 aliphatic carbocycles. The van der Waals surface area contributed by atoms with Gasteiger partial charge in [0.2, 0.25) is 15.9 Å². The third-order valence-corrected chi connectivity index (χ3v) is 6.74. The summed E-state index contributed by atoms with van der Waals surface area (Å²) in [5.74, 6) is 2.19. The standard InChI is InChI=1S/C21H21N5O3S.C2HF3O2/c22-24-13-15-3-1-4-16(11-15)14-26-10-8-20(21(26)27)25-30(28,29)18-6-7-19-17(12-18)5-2-9-23-19;3-2(4,5)1(6)7/h1-7,9,11-13,20,25H,8,10,14,22H2;(H,6,7)/t20-;/m0./s1. The van der Waals surface area contributed by atoms with Crippen LogP contribution in [0, 0.1) is 0 Å². The van der Waals surface area contributed by atoms with E-state index in [0.717, 1.165) is 16.5 Å². The number of likely N-dealkylation sites (tertiary alicyclic amines) is 1. The Balaban J connectivity index is 0.000000479. The Morgan fingerprint density at radius 1 is 1.22 bits per heavy atom. The summed E-state index contributed by atoms with van der Waals surface area (Å²) < 4.78 is 60.0. The predicted octanol–water partition coefficient (Wildman–Crippen LogP) is 2.24. The molecule has 10 nitrogen and oxygen atoms in total. The van der Waals surface area contributed by atoms with Crippen LogP contribution >= 0.6 is 0 Å². The van der Waals surface area contributed by atoms with Crippen molar-refractivity contribution in [1.29, 1.82) is 0 Å². The molecule has 1 fully saturated rings. The number of fused-ring (bicyclic) bond motifs is 1.